The lowest BCUT2D eigenvalue weighted by atomic mass is 10.1. The van der Waals surface area contributed by atoms with E-state index in [0.29, 0.717) is 5.56 Å². The monoisotopic (exact) mass is 348 g/mol. The summed E-state index contributed by atoms with van der Waals surface area (Å²) in [4.78, 5) is 31.0. The van der Waals surface area contributed by atoms with Crippen LogP contribution in [0.5, 0.6) is 0 Å². The van der Waals surface area contributed by atoms with Crippen LogP contribution in [0.1, 0.15) is 20.8 Å². The number of H-pyrrole nitrogens is 1. The van der Waals surface area contributed by atoms with Gasteiger partial charge in [0.1, 0.15) is 5.15 Å². The number of halogens is 2. The minimum atomic E-state index is -0.800. The van der Waals surface area contributed by atoms with Gasteiger partial charge < -0.3 is 9.72 Å². The van der Waals surface area contributed by atoms with Gasteiger partial charge in [-0.1, -0.05) is 41.4 Å². The van der Waals surface area contributed by atoms with E-state index in [0.717, 1.165) is 10.9 Å². The van der Waals surface area contributed by atoms with E-state index in [2.05, 4.69) is 9.97 Å². The fourth-order valence-electron chi connectivity index (χ4n) is 2.14. The van der Waals surface area contributed by atoms with Crippen molar-refractivity contribution in [2.45, 2.75) is 0 Å². The highest BCUT2D eigenvalue weighted by Crippen LogP contribution is 2.20. The third kappa shape index (κ3) is 3.21. The van der Waals surface area contributed by atoms with Crippen molar-refractivity contribution in [2.24, 2.45) is 0 Å². The lowest BCUT2D eigenvalue weighted by Crippen LogP contribution is -2.15. The average molecular weight is 349 g/mol. The fraction of sp³-hybridized carbons (Fsp3) is 0.0625. The van der Waals surface area contributed by atoms with Gasteiger partial charge in [-0.3, -0.25) is 4.79 Å². The average Bonchev–Trinajstić information content (AvgIpc) is 2.98. The number of Topliss-reactive ketones (excluding diaryl/α,β-unsaturated/α-hetero) is 1. The van der Waals surface area contributed by atoms with Crippen LogP contribution in [0.4, 0.5) is 0 Å². The number of rotatable bonds is 4. The molecule has 0 aliphatic carbocycles. The van der Waals surface area contributed by atoms with E-state index in [1.165, 1.54) is 12.1 Å². The smallest absolute Gasteiger partial charge is 0.359 e. The highest BCUT2D eigenvalue weighted by molar-refractivity contribution is 6.34. The number of ketones is 1. The molecule has 0 fully saturated rings. The fourth-order valence-corrected chi connectivity index (χ4v) is 2.47. The van der Waals surface area contributed by atoms with Gasteiger partial charge in [-0.2, -0.15) is 0 Å². The zero-order valence-electron chi connectivity index (χ0n) is 11.7. The summed E-state index contributed by atoms with van der Waals surface area (Å²) >= 11 is 11.6. The topological polar surface area (TPSA) is 72.1 Å². The number of nitrogens with zero attached hydrogens (tertiary/aromatic N) is 1. The second-order valence-corrected chi connectivity index (χ2v) is 5.51. The first-order valence-corrected chi connectivity index (χ1v) is 7.40. The standard InChI is InChI=1S/C16H10Cl2N2O3/c17-11-5-6-14(18)20-15(11)16(22)23-8-13(21)10-7-19-12-4-2-1-3-9(10)12/h1-7,19H,8H2. The lowest BCUT2D eigenvalue weighted by Gasteiger charge is -2.05. The number of hydrogen-bond donors (Lipinski definition) is 1. The van der Waals surface area contributed by atoms with Crippen LogP contribution in [-0.2, 0) is 4.74 Å². The molecule has 0 aliphatic rings. The minimum Gasteiger partial charge on any atom is -0.453 e. The van der Waals surface area contributed by atoms with Crippen molar-refractivity contribution in [2.75, 3.05) is 6.61 Å². The van der Waals surface area contributed by atoms with E-state index in [1.807, 2.05) is 24.3 Å². The van der Waals surface area contributed by atoms with Crippen molar-refractivity contribution in [1.29, 1.82) is 0 Å². The molecule has 0 spiro atoms. The van der Waals surface area contributed by atoms with Gasteiger partial charge in [0.25, 0.3) is 0 Å². The third-order valence-electron chi connectivity index (χ3n) is 3.23. The summed E-state index contributed by atoms with van der Waals surface area (Å²) < 4.78 is 4.99. The summed E-state index contributed by atoms with van der Waals surface area (Å²) in [5.74, 6) is -1.13. The van der Waals surface area contributed by atoms with Crippen molar-refractivity contribution in [3.05, 3.63) is 64.0 Å². The number of aromatic nitrogens is 2. The van der Waals surface area contributed by atoms with Crippen LogP contribution in [0.25, 0.3) is 10.9 Å². The van der Waals surface area contributed by atoms with Gasteiger partial charge in [0.15, 0.2) is 12.3 Å². The van der Waals surface area contributed by atoms with E-state index in [1.54, 1.807) is 6.20 Å². The Balaban J connectivity index is 1.74. The first kappa shape index (κ1) is 15.5. The molecule has 5 nitrogen and oxygen atoms in total. The second-order valence-electron chi connectivity index (χ2n) is 4.71. The number of esters is 1. The van der Waals surface area contributed by atoms with Crippen LogP contribution >= 0.6 is 23.2 Å². The highest BCUT2D eigenvalue weighted by Gasteiger charge is 2.18. The van der Waals surface area contributed by atoms with Gasteiger partial charge in [-0.15, -0.1) is 0 Å². The number of hydrogen-bond acceptors (Lipinski definition) is 4. The zero-order valence-corrected chi connectivity index (χ0v) is 13.2. The molecule has 3 aromatic rings. The third-order valence-corrected chi connectivity index (χ3v) is 3.74. The van der Waals surface area contributed by atoms with Crippen LogP contribution in [0.2, 0.25) is 10.2 Å². The Bertz CT molecular complexity index is 905. The predicted molar refractivity (Wildman–Crippen MR) is 87.2 cm³/mol. The summed E-state index contributed by atoms with van der Waals surface area (Å²) in [5.41, 5.74) is 1.17. The van der Waals surface area contributed by atoms with Crippen molar-refractivity contribution in [1.82, 2.24) is 9.97 Å². The molecule has 2 aromatic heterocycles. The molecule has 2 heterocycles. The Morgan fingerprint density at radius 1 is 1.13 bits per heavy atom. The first-order valence-electron chi connectivity index (χ1n) is 6.65. The van der Waals surface area contributed by atoms with Gasteiger partial charge in [-0.05, 0) is 18.2 Å². The molecule has 0 saturated heterocycles. The number of ether oxygens (including phenoxy) is 1. The van der Waals surface area contributed by atoms with Crippen LogP contribution in [-0.4, -0.2) is 28.3 Å². The van der Waals surface area contributed by atoms with Crippen LogP contribution in [0, 0.1) is 0 Å². The first-order chi connectivity index (χ1) is 11.1. The van der Waals surface area contributed by atoms with Gasteiger partial charge in [0.2, 0.25) is 5.78 Å². The summed E-state index contributed by atoms with van der Waals surface area (Å²) in [6.45, 7) is -0.412. The SMILES string of the molecule is O=C(OCC(=O)c1c[nH]c2ccccc12)c1nc(Cl)ccc1Cl. The maximum atomic E-state index is 12.2. The van der Waals surface area contributed by atoms with Crippen molar-refractivity contribution in [3.63, 3.8) is 0 Å². The minimum absolute atomic E-state index is 0.110. The maximum absolute atomic E-state index is 12.2. The van der Waals surface area contributed by atoms with E-state index in [4.69, 9.17) is 27.9 Å². The number of nitrogens with one attached hydrogen (secondary N) is 1. The maximum Gasteiger partial charge on any atom is 0.359 e. The summed E-state index contributed by atoms with van der Waals surface area (Å²) in [6, 6.07) is 10.3. The number of benzene rings is 1. The molecule has 0 radical (unpaired) electrons. The molecule has 0 aliphatic heterocycles. The molecule has 1 aromatic carbocycles. The number of aromatic amines is 1. The number of carbonyl (C=O) groups is 2. The zero-order chi connectivity index (χ0) is 16.4. The van der Waals surface area contributed by atoms with Crippen LogP contribution in [0.15, 0.2) is 42.6 Å². The second kappa shape index (κ2) is 6.40. The van der Waals surface area contributed by atoms with E-state index < -0.39 is 12.6 Å². The Kier molecular flexibility index (Phi) is 4.32. The van der Waals surface area contributed by atoms with Crippen LogP contribution < -0.4 is 0 Å². The van der Waals surface area contributed by atoms with Crippen LogP contribution in [0.3, 0.4) is 0 Å². The lowest BCUT2D eigenvalue weighted by molar-refractivity contribution is 0.0469. The van der Waals surface area contributed by atoms with E-state index >= 15 is 0 Å². The number of para-hydroxylation sites is 1. The Morgan fingerprint density at radius 3 is 2.74 bits per heavy atom. The van der Waals surface area contributed by atoms with Gasteiger partial charge in [-0.25, -0.2) is 9.78 Å². The molecule has 0 saturated carbocycles. The Labute approximate surface area is 141 Å². The molecule has 116 valence electrons. The largest absolute Gasteiger partial charge is 0.453 e. The molecule has 3 rings (SSSR count). The van der Waals surface area contributed by atoms with Gasteiger partial charge in [0, 0.05) is 22.7 Å². The summed E-state index contributed by atoms with van der Waals surface area (Å²) in [6.07, 6.45) is 1.59. The molecule has 7 heteroatoms. The molecule has 0 amide bonds. The molecule has 0 unspecified atom stereocenters. The molecular formula is C16H10Cl2N2O3. The number of fused-ring (bicyclic) bond motifs is 1. The summed E-state index contributed by atoms with van der Waals surface area (Å²) in [7, 11) is 0. The van der Waals surface area contributed by atoms with Crippen molar-refractivity contribution in [3.8, 4) is 0 Å². The highest BCUT2D eigenvalue weighted by atomic mass is 35.5. The molecule has 1 N–H and O–H groups in total. The molecule has 23 heavy (non-hydrogen) atoms. The van der Waals surface area contributed by atoms with Gasteiger partial charge >= 0.3 is 5.97 Å². The number of pyridine rings is 1. The molecule has 0 bridgehead atoms. The van der Waals surface area contributed by atoms with E-state index in [-0.39, 0.29) is 21.7 Å². The molecular weight excluding hydrogens is 339 g/mol. The van der Waals surface area contributed by atoms with E-state index in [9.17, 15) is 9.59 Å². The Morgan fingerprint density at radius 2 is 1.91 bits per heavy atom. The molecule has 0 atom stereocenters. The number of carbonyl (C=O) groups excluding carboxylic acids is 2. The Hall–Kier alpha value is -2.37. The summed E-state index contributed by atoms with van der Waals surface area (Å²) in [5, 5.41) is 0.996. The van der Waals surface area contributed by atoms with Crippen molar-refractivity contribution < 1.29 is 14.3 Å². The quantitative estimate of drug-likeness (QED) is 0.440. The van der Waals surface area contributed by atoms with Gasteiger partial charge in [0.05, 0.1) is 5.02 Å². The predicted octanol–water partition coefficient (Wildman–Crippen LogP) is 3.91. The normalized spacial score (nSPS) is 10.7. The van der Waals surface area contributed by atoms with Crippen molar-refractivity contribution >= 4 is 45.9 Å².